The lowest BCUT2D eigenvalue weighted by Gasteiger charge is -2.07. The number of hydrogen-bond acceptors (Lipinski definition) is 2. The highest BCUT2D eigenvalue weighted by Crippen LogP contribution is 2.01. The molecular weight excluding hydrogens is 181 g/mol. The molecule has 0 N–H and O–H groups in total. The minimum absolute atomic E-state index is 0.0806. The van der Waals surface area contributed by atoms with Crippen molar-refractivity contribution < 1.29 is 12.9 Å². The lowest BCUT2D eigenvalue weighted by molar-refractivity contribution is 0.147. The maximum Gasteiger partial charge on any atom is 0.241 e. The summed E-state index contributed by atoms with van der Waals surface area (Å²) in [6.45, 7) is 1.24. The molecule has 0 aromatic carbocycles. The van der Waals surface area contributed by atoms with Crippen molar-refractivity contribution in [3.05, 3.63) is 0 Å². The van der Waals surface area contributed by atoms with Crippen LogP contribution < -0.4 is 0 Å². The van der Waals surface area contributed by atoms with Crippen LogP contribution in [0.1, 0.15) is 6.92 Å². The Morgan fingerprint density at radius 3 is 2.40 bits per heavy atom. The van der Waals surface area contributed by atoms with Crippen LogP contribution in [-0.4, -0.2) is 31.1 Å². The molecule has 0 aliphatic heterocycles. The van der Waals surface area contributed by atoms with Gasteiger partial charge >= 0.3 is 0 Å². The lowest BCUT2D eigenvalue weighted by Crippen LogP contribution is -2.25. The van der Waals surface area contributed by atoms with Gasteiger partial charge in [0.25, 0.3) is 0 Å². The summed E-state index contributed by atoms with van der Waals surface area (Å²) in [5.74, 6) is -0.429. The zero-order valence-corrected chi connectivity index (χ0v) is 7.12. The molecule has 0 bridgehead atoms. The van der Waals surface area contributed by atoms with Crippen LogP contribution in [0.5, 0.6) is 0 Å². The van der Waals surface area contributed by atoms with Crippen LogP contribution in [0.4, 0.5) is 4.48 Å². The molecule has 0 heterocycles. The second-order valence-corrected chi connectivity index (χ2v) is 3.96. The fraction of sp³-hybridized carbons (Fsp3) is 1.00. The van der Waals surface area contributed by atoms with Gasteiger partial charge in [-0.05, 0) is 11.5 Å². The molecule has 0 atom stereocenters. The number of hydrogen-bond donors (Lipinski definition) is 0. The normalized spacial score (nSPS) is 12.4. The van der Waals surface area contributed by atoms with E-state index in [4.69, 9.17) is 11.6 Å². The summed E-state index contributed by atoms with van der Waals surface area (Å²) in [5.41, 5.74) is 0. The molecule has 0 spiro atoms. The van der Waals surface area contributed by atoms with Gasteiger partial charge in [-0.1, -0.05) is 0 Å². The summed E-state index contributed by atoms with van der Waals surface area (Å²) in [6.07, 6.45) is 0. The van der Waals surface area contributed by atoms with Gasteiger partial charge in [-0.2, -0.15) is 0 Å². The second-order valence-electron chi connectivity index (χ2n) is 1.61. The smallest absolute Gasteiger partial charge is 0.210 e. The van der Waals surface area contributed by atoms with E-state index in [2.05, 4.69) is 0 Å². The summed E-state index contributed by atoms with van der Waals surface area (Å²) in [6, 6.07) is 0. The molecule has 0 fully saturated rings. The van der Waals surface area contributed by atoms with E-state index >= 15 is 0 Å². The van der Waals surface area contributed by atoms with E-state index in [1.165, 1.54) is 6.92 Å². The largest absolute Gasteiger partial charge is 0.241 e. The summed E-state index contributed by atoms with van der Waals surface area (Å²) in [4.78, 5) is 0. The minimum Gasteiger partial charge on any atom is -0.210 e. The molecule has 0 radical (unpaired) electrons. The lowest BCUT2D eigenvalue weighted by atomic mass is 10.8. The number of sulfonamides is 1. The van der Waals surface area contributed by atoms with Gasteiger partial charge in [0.05, 0.1) is 5.75 Å². The number of halogens is 2. The summed E-state index contributed by atoms with van der Waals surface area (Å²) >= 11 is 5.11. The highest BCUT2D eigenvalue weighted by molar-refractivity contribution is 7.89. The molecule has 62 valence electrons. The summed E-state index contributed by atoms with van der Waals surface area (Å²) in [7, 11) is -3.73. The molecule has 0 unspecified atom stereocenters. The molecule has 0 rings (SSSR count). The fourth-order valence-corrected chi connectivity index (χ4v) is 1.76. The van der Waals surface area contributed by atoms with E-state index in [1.54, 1.807) is 0 Å². The summed E-state index contributed by atoms with van der Waals surface area (Å²) < 4.78 is 33.3. The van der Waals surface area contributed by atoms with Crippen LogP contribution >= 0.6 is 11.6 Å². The second kappa shape index (κ2) is 4.10. The van der Waals surface area contributed by atoms with Gasteiger partial charge in [-0.3, -0.25) is 0 Å². The Morgan fingerprint density at radius 2 is 2.10 bits per heavy atom. The first kappa shape index (κ1) is 10.1. The van der Waals surface area contributed by atoms with Gasteiger partial charge < -0.3 is 0 Å². The molecule has 0 saturated carbocycles. The van der Waals surface area contributed by atoms with Crippen molar-refractivity contribution in [2.45, 2.75) is 6.92 Å². The van der Waals surface area contributed by atoms with Crippen molar-refractivity contribution in [3.63, 3.8) is 0 Å². The standard InChI is InChI=1S/C4H9ClFNO2S/c1-2-7(6)10(8,9)4-3-5/h2-4H2,1H3. The molecule has 0 aromatic heterocycles. The molecule has 0 aromatic rings. The van der Waals surface area contributed by atoms with Crippen LogP contribution in [0, 0.1) is 0 Å². The van der Waals surface area contributed by atoms with Crippen molar-refractivity contribution in [1.82, 2.24) is 4.53 Å². The third-order valence-electron chi connectivity index (χ3n) is 0.886. The molecule has 0 aliphatic rings. The predicted octanol–water partition coefficient (Wildman–Crippen LogP) is 0.761. The third kappa shape index (κ3) is 2.81. The van der Waals surface area contributed by atoms with Crippen LogP contribution in [0.25, 0.3) is 0 Å². The average molecular weight is 190 g/mol. The van der Waals surface area contributed by atoms with Gasteiger partial charge in [-0.25, -0.2) is 8.42 Å². The van der Waals surface area contributed by atoms with Crippen molar-refractivity contribution in [1.29, 1.82) is 0 Å². The number of alkyl halides is 1. The minimum atomic E-state index is -3.73. The highest BCUT2D eigenvalue weighted by atomic mass is 35.5. The quantitative estimate of drug-likeness (QED) is 0.484. The van der Waals surface area contributed by atoms with Gasteiger partial charge in [0.2, 0.25) is 10.0 Å². The molecule has 10 heavy (non-hydrogen) atoms. The Kier molecular flexibility index (Phi) is 4.15. The van der Waals surface area contributed by atoms with Crippen LogP contribution in [-0.2, 0) is 10.0 Å². The Bertz CT molecular complexity index is 182. The van der Waals surface area contributed by atoms with Gasteiger partial charge in [-0.15, -0.1) is 16.1 Å². The van der Waals surface area contributed by atoms with E-state index in [9.17, 15) is 12.9 Å². The van der Waals surface area contributed by atoms with Crippen LogP contribution in [0.2, 0.25) is 0 Å². The average Bonchev–Trinajstić information content (AvgIpc) is 1.86. The van der Waals surface area contributed by atoms with Crippen molar-refractivity contribution in [2.75, 3.05) is 18.2 Å². The zero-order valence-electron chi connectivity index (χ0n) is 5.55. The summed E-state index contributed by atoms with van der Waals surface area (Å²) in [5, 5.41) is 0. The topological polar surface area (TPSA) is 37.4 Å². The Balaban J connectivity index is 4.12. The van der Waals surface area contributed by atoms with Gasteiger partial charge in [0.15, 0.2) is 0 Å². The van der Waals surface area contributed by atoms with E-state index < -0.39 is 10.0 Å². The molecule has 0 saturated heterocycles. The number of rotatable bonds is 4. The molecule has 6 heteroatoms. The first-order chi connectivity index (χ1) is 4.54. The third-order valence-corrected chi connectivity index (χ3v) is 2.88. The molecule has 0 amide bonds. The fourth-order valence-electron chi connectivity index (χ4n) is 0.393. The van der Waals surface area contributed by atoms with Crippen molar-refractivity contribution in [3.8, 4) is 0 Å². The Labute approximate surface area is 64.8 Å². The SMILES string of the molecule is CCN(F)S(=O)(=O)CCCl. The highest BCUT2D eigenvalue weighted by Gasteiger charge is 2.18. The van der Waals surface area contributed by atoms with E-state index in [0.717, 1.165) is 0 Å². The van der Waals surface area contributed by atoms with Crippen LogP contribution in [0.15, 0.2) is 0 Å². The maximum absolute atomic E-state index is 12.3. The zero-order chi connectivity index (χ0) is 8.20. The van der Waals surface area contributed by atoms with E-state index in [0.29, 0.717) is 0 Å². The van der Waals surface area contributed by atoms with E-state index in [-0.39, 0.29) is 22.7 Å². The Hall–Kier alpha value is 0.130. The van der Waals surface area contributed by atoms with Gasteiger partial charge in [0.1, 0.15) is 0 Å². The number of nitrogens with zero attached hydrogens (tertiary/aromatic N) is 1. The van der Waals surface area contributed by atoms with Crippen molar-refractivity contribution in [2.24, 2.45) is 0 Å². The first-order valence-electron chi connectivity index (χ1n) is 2.76. The molecule has 3 nitrogen and oxygen atoms in total. The predicted molar refractivity (Wildman–Crippen MR) is 38.0 cm³/mol. The monoisotopic (exact) mass is 189 g/mol. The first-order valence-corrected chi connectivity index (χ1v) is 4.91. The molecule has 0 aliphatic carbocycles. The van der Waals surface area contributed by atoms with Crippen LogP contribution in [0.3, 0.4) is 0 Å². The van der Waals surface area contributed by atoms with Gasteiger partial charge in [0, 0.05) is 12.4 Å². The Morgan fingerprint density at radius 1 is 1.60 bits per heavy atom. The molecular formula is C4H9ClFNO2S. The van der Waals surface area contributed by atoms with Crippen molar-refractivity contribution >= 4 is 21.6 Å². The maximum atomic E-state index is 12.3. The van der Waals surface area contributed by atoms with E-state index in [1.807, 2.05) is 0 Å².